The first-order chi connectivity index (χ1) is 19.5. The Morgan fingerprint density at radius 2 is 1.36 bits per heavy atom. The second kappa shape index (κ2) is 15.5. The number of hydrogen-bond acceptors (Lipinski definition) is 6. The van der Waals surface area contributed by atoms with Crippen LogP contribution in [-0.2, 0) is 17.6 Å². The maximum atomic E-state index is 11.6. The highest BCUT2D eigenvalue weighted by molar-refractivity contribution is 5.76. The van der Waals surface area contributed by atoms with Gasteiger partial charge in [0.2, 0.25) is 5.91 Å². The first-order valence-electron chi connectivity index (χ1n) is 15.6. The smallest absolute Gasteiger partial charge is 0.219 e. The van der Waals surface area contributed by atoms with Crippen LogP contribution in [0, 0.1) is 0 Å². The predicted molar refractivity (Wildman–Crippen MR) is 176 cm³/mol. The number of amides is 1. The van der Waals surface area contributed by atoms with Gasteiger partial charge in [0.1, 0.15) is 23.7 Å². The highest BCUT2D eigenvalue weighted by Crippen LogP contribution is 2.39. The minimum absolute atomic E-state index is 0. The minimum Gasteiger partial charge on any atom is -0.490 e. The van der Waals surface area contributed by atoms with Gasteiger partial charge in [0, 0.05) is 80.0 Å². The lowest BCUT2D eigenvalue weighted by Gasteiger charge is -2.21. The van der Waals surface area contributed by atoms with Gasteiger partial charge in [0.25, 0.3) is 0 Å². The number of rotatable bonds is 8. The number of hydrogen-bond donors (Lipinski definition) is 2. The Morgan fingerprint density at radius 1 is 0.833 bits per heavy atom. The Kier molecular flexibility index (Phi) is 12.4. The molecular weight excluding hydrogens is 524 g/mol. The number of ether oxygens (including phenoxy) is 2. The molecule has 0 saturated carbocycles. The van der Waals surface area contributed by atoms with Crippen LogP contribution in [0.5, 0.6) is 11.5 Å². The van der Waals surface area contributed by atoms with Crippen LogP contribution < -0.4 is 30.3 Å². The van der Waals surface area contributed by atoms with Gasteiger partial charge < -0.3 is 30.3 Å². The maximum absolute atomic E-state index is 11.6. The lowest BCUT2D eigenvalue weighted by Crippen LogP contribution is -2.36. The highest BCUT2D eigenvalue weighted by Gasteiger charge is 2.31. The van der Waals surface area contributed by atoms with Crippen molar-refractivity contribution in [3.8, 4) is 11.5 Å². The van der Waals surface area contributed by atoms with E-state index in [0.29, 0.717) is 24.7 Å². The van der Waals surface area contributed by atoms with Gasteiger partial charge in [-0.3, -0.25) is 4.79 Å². The number of nitrogens with one attached hydrogen (secondary N) is 1. The van der Waals surface area contributed by atoms with E-state index in [9.17, 15) is 4.79 Å². The number of carbonyl (C=O) groups is 1. The molecule has 0 aliphatic carbocycles. The Labute approximate surface area is 255 Å². The molecule has 2 saturated heterocycles. The number of anilines is 2. The highest BCUT2D eigenvalue weighted by atomic mass is 16.5. The van der Waals surface area contributed by atoms with E-state index >= 15 is 0 Å². The molecule has 2 aromatic carbocycles. The molecule has 4 heterocycles. The number of fused-ring (bicyclic) bond motifs is 2. The van der Waals surface area contributed by atoms with Crippen molar-refractivity contribution in [2.24, 2.45) is 5.73 Å². The Bertz CT molecular complexity index is 1160. The minimum atomic E-state index is 0. The number of nitrogens with zero attached hydrogens (tertiary/aromatic N) is 2. The SMILES string of the molecule is C.C.CCCC1Cc2c(cccc2N2CC[C@H](N)C2)O1.CCCC1Cc2c(cccc2N2CC[C@H](NC(=O)CC)C2)O1. The zero-order chi connectivity index (χ0) is 28.1. The number of benzene rings is 2. The molecular formula is C35H56N4O3. The molecule has 2 fully saturated rings. The molecule has 4 atom stereocenters. The molecule has 2 aromatic rings. The van der Waals surface area contributed by atoms with Gasteiger partial charge in [0.15, 0.2) is 0 Å². The summed E-state index contributed by atoms with van der Waals surface area (Å²) >= 11 is 0. The van der Waals surface area contributed by atoms with Crippen molar-refractivity contribution < 1.29 is 14.3 Å². The van der Waals surface area contributed by atoms with Crippen molar-refractivity contribution in [1.29, 1.82) is 0 Å². The van der Waals surface area contributed by atoms with Crippen molar-refractivity contribution in [3.63, 3.8) is 0 Å². The number of carbonyl (C=O) groups excluding carboxylic acids is 1. The van der Waals surface area contributed by atoms with Crippen molar-refractivity contribution in [1.82, 2.24) is 5.32 Å². The Morgan fingerprint density at radius 3 is 1.83 bits per heavy atom. The second-order valence-electron chi connectivity index (χ2n) is 11.8. The molecule has 0 spiro atoms. The summed E-state index contributed by atoms with van der Waals surface area (Å²) in [5.74, 6) is 2.29. The van der Waals surface area contributed by atoms with E-state index in [-0.39, 0.29) is 26.8 Å². The van der Waals surface area contributed by atoms with Gasteiger partial charge in [-0.05, 0) is 49.9 Å². The van der Waals surface area contributed by atoms with Crippen LogP contribution in [0.3, 0.4) is 0 Å². The fourth-order valence-corrected chi connectivity index (χ4v) is 6.63. The van der Waals surface area contributed by atoms with Crippen molar-refractivity contribution in [2.75, 3.05) is 36.0 Å². The lowest BCUT2D eigenvalue weighted by molar-refractivity contribution is -0.121. The van der Waals surface area contributed by atoms with E-state index in [2.05, 4.69) is 65.4 Å². The van der Waals surface area contributed by atoms with Crippen LogP contribution in [-0.4, -0.2) is 56.4 Å². The van der Waals surface area contributed by atoms with E-state index in [1.807, 2.05) is 6.92 Å². The summed E-state index contributed by atoms with van der Waals surface area (Å²) in [5.41, 5.74) is 11.4. The standard InChI is InChI=1S/C18H26N2O2.C15H22N2O.2CH4/c1-3-6-14-11-15-16(7-5-8-17(15)22-14)20-10-9-13(12-20)19-18(21)4-2;1-2-4-12-9-13-14(5-3-6-15(13)18-12)17-8-7-11(16)10-17;;/h5,7-8,13-14H,3-4,6,9-12H2,1-2H3,(H,19,21);3,5-6,11-12H,2,4,7-10,16H2,1H3;2*1H4/t13-,14?;11-,12?;;/m00../s1. The fraction of sp³-hybridized carbons (Fsp3) is 0.629. The first-order valence-corrected chi connectivity index (χ1v) is 15.6. The third-order valence-corrected chi connectivity index (χ3v) is 8.67. The average molecular weight is 581 g/mol. The molecule has 1 amide bonds. The zero-order valence-electron chi connectivity index (χ0n) is 24.7. The molecule has 4 aliphatic heterocycles. The molecule has 7 nitrogen and oxygen atoms in total. The van der Waals surface area contributed by atoms with Crippen molar-refractivity contribution in [2.45, 2.75) is 118 Å². The molecule has 234 valence electrons. The zero-order valence-corrected chi connectivity index (χ0v) is 24.7. The average Bonchev–Trinajstić information content (AvgIpc) is 3.75. The van der Waals surface area contributed by atoms with Crippen LogP contribution in [0.4, 0.5) is 11.4 Å². The molecule has 4 aliphatic rings. The van der Waals surface area contributed by atoms with Crippen molar-refractivity contribution in [3.05, 3.63) is 47.5 Å². The summed E-state index contributed by atoms with van der Waals surface area (Å²) in [6.07, 6.45) is 10.1. The largest absolute Gasteiger partial charge is 0.490 e. The summed E-state index contributed by atoms with van der Waals surface area (Å²) in [7, 11) is 0. The quantitative estimate of drug-likeness (QED) is 0.371. The fourth-order valence-electron chi connectivity index (χ4n) is 6.63. The lowest BCUT2D eigenvalue weighted by atomic mass is 10.0. The van der Waals surface area contributed by atoms with Gasteiger partial charge in [-0.1, -0.05) is 60.6 Å². The van der Waals surface area contributed by atoms with Gasteiger partial charge in [0.05, 0.1) is 0 Å². The van der Waals surface area contributed by atoms with E-state index in [1.54, 1.807) is 0 Å². The summed E-state index contributed by atoms with van der Waals surface area (Å²) in [6.45, 7) is 10.3. The molecule has 2 unspecified atom stereocenters. The number of nitrogens with two attached hydrogens (primary N) is 1. The van der Waals surface area contributed by atoms with Crippen LogP contribution in [0.15, 0.2) is 36.4 Å². The maximum Gasteiger partial charge on any atom is 0.219 e. The van der Waals surface area contributed by atoms with Gasteiger partial charge in [-0.2, -0.15) is 0 Å². The second-order valence-corrected chi connectivity index (χ2v) is 11.8. The summed E-state index contributed by atoms with van der Waals surface area (Å²) in [6, 6.07) is 13.4. The van der Waals surface area contributed by atoms with Crippen LogP contribution >= 0.6 is 0 Å². The van der Waals surface area contributed by atoms with Crippen LogP contribution in [0.1, 0.15) is 91.7 Å². The third-order valence-electron chi connectivity index (χ3n) is 8.67. The van der Waals surface area contributed by atoms with E-state index < -0.39 is 0 Å². The molecule has 7 heteroatoms. The van der Waals surface area contributed by atoms with Crippen molar-refractivity contribution >= 4 is 17.3 Å². The normalized spacial score (nSPS) is 23.4. The first kappa shape index (κ1) is 33.6. The predicted octanol–water partition coefficient (Wildman–Crippen LogP) is 6.49. The van der Waals surface area contributed by atoms with Crippen LogP contribution in [0.2, 0.25) is 0 Å². The molecule has 0 radical (unpaired) electrons. The van der Waals surface area contributed by atoms with Gasteiger partial charge in [-0.15, -0.1) is 0 Å². The van der Waals surface area contributed by atoms with E-state index in [4.69, 9.17) is 15.2 Å². The molecule has 6 rings (SSSR count). The third kappa shape index (κ3) is 7.71. The molecule has 0 aromatic heterocycles. The molecule has 42 heavy (non-hydrogen) atoms. The van der Waals surface area contributed by atoms with E-state index in [0.717, 1.165) is 82.6 Å². The summed E-state index contributed by atoms with van der Waals surface area (Å²) < 4.78 is 12.1. The summed E-state index contributed by atoms with van der Waals surface area (Å²) in [4.78, 5) is 16.4. The summed E-state index contributed by atoms with van der Waals surface area (Å²) in [5, 5.41) is 3.11. The topological polar surface area (TPSA) is 80.1 Å². The monoisotopic (exact) mass is 580 g/mol. The Hall–Kier alpha value is -2.93. The molecule has 0 bridgehead atoms. The Balaban J connectivity index is 0.000000224. The molecule has 3 N–H and O–H groups in total. The van der Waals surface area contributed by atoms with Crippen LogP contribution in [0.25, 0.3) is 0 Å². The van der Waals surface area contributed by atoms with Gasteiger partial charge >= 0.3 is 0 Å². The van der Waals surface area contributed by atoms with E-state index in [1.165, 1.54) is 28.9 Å². The van der Waals surface area contributed by atoms with Gasteiger partial charge in [-0.25, -0.2) is 0 Å².